The van der Waals surface area contributed by atoms with Crippen LogP contribution in [0.2, 0.25) is 0 Å². The molecular weight excluding hydrogens is 424 g/mol. The number of rotatable bonds is 6. The molecule has 1 fully saturated rings. The minimum absolute atomic E-state index is 0.0450. The molecule has 32 heavy (non-hydrogen) atoms. The van der Waals surface area contributed by atoms with E-state index in [-0.39, 0.29) is 29.8 Å². The van der Waals surface area contributed by atoms with Crippen molar-refractivity contribution in [2.75, 3.05) is 4.90 Å². The second kappa shape index (κ2) is 8.20. The Morgan fingerprint density at radius 2 is 1.88 bits per heavy atom. The lowest BCUT2D eigenvalue weighted by molar-refractivity contribution is -0.121. The molecule has 0 spiro atoms. The molecule has 2 N–H and O–H groups in total. The van der Waals surface area contributed by atoms with Gasteiger partial charge in [0, 0.05) is 11.6 Å². The average molecular weight is 445 g/mol. The van der Waals surface area contributed by atoms with Gasteiger partial charge in [0.15, 0.2) is 12.2 Å². The number of alkyl halides is 2. The van der Waals surface area contributed by atoms with Crippen molar-refractivity contribution in [2.45, 2.75) is 45.7 Å². The highest BCUT2D eigenvalue weighted by Crippen LogP contribution is 2.25. The molecule has 1 atom stereocenters. The van der Waals surface area contributed by atoms with E-state index in [0.717, 1.165) is 4.90 Å². The van der Waals surface area contributed by atoms with Crippen molar-refractivity contribution in [3.63, 3.8) is 0 Å². The summed E-state index contributed by atoms with van der Waals surface area (Å²) in [6.07, 6.45) is -3.76. The number of hydrogen-bond donors (Lipinski definition) is 2. The number of ether oxygens (including phenoxy) is 1. The van der Waals surface area contributed by atoms with E-state index in [2.05, 4.69) is 25.8 Å². The van der Waals surface area contributed by atoms with Crippen LogP contribution < -0.4 is 15.0 Å². The normalized spacial score (nSPS) is 17.9. The summed E-state index contributed by atoms with van der Waals surface area (Å²) in [5, 5.41) is 28.9. The first kappa shape index (κ1) is 21.7. The van der Waals surface area contributed by atoms with Crippen molar-refractivity contribution in [3.8, 4) is 11.6 Å². The minimum Gasteiger partial charge on any atom is -0.470 e. The number of aromatic nitrogens is 5. The molecule has 1 unspecified atom stereocenters. The first-order valence-corrected chi connectivity index (χ1v) is 9.73. The largest absolute Gasteiger partial charge is 0.470 e. The zero-order chi connectivity index (χ0) is 23.0. The molecule has 4 rings (SSSR count). The number of carbonyl (C=O) groups is 1. The van der Waals surface area contributed by atoms with Gasteiger partial charge < -0.3 is 9.84 Å². The van der Waals surface area contributed by atoms with Crippen molar-refractivity contribution >= 4 is 11.7 Å². The summed E-state index contributed by atoms with van der Waals surface area (Å²) >= 11 is 0. The van der Waals surface area contributed by atoms with Crippen LogP contribution in [0.5, 0.6) is 5.88 Å². The van der Waals surface area contributed by atoms with E-state index in [0.29, 0.717) is 17.1 Å². The third kappa shape index (κ3) is 4.01. The van der Waals surface area contributed by atoms with Gasteiger partial charge in [0.2, 0.25) is 5.88 Å². The second-order valence-corrected chi connectivity index (χ2v) is 7.76. The lowest BCUT2D eigenvalue weighted by Crippen LogP contribution is -2.41. The van der Waals surface area contributed by atoms with Gasteiger partial charge in [-0.25, -0.2) is 13.5 Å². The molecule has 3 aromatic rings. The molecule has 1 aromatic carbocycles. The SMILES string of the molecule is Cc1nnn(-c2ccc(C(F)F)cc2)c1COc1ccc(N2C(=O)C(C)(C)NC2O)nn1. The van der Waals surface area contributed by atoms with Gasteiger partial charge in [0.25, 0.3) is 12.3 Å². The van der Waals surface area contributed by atoms with Crippen molar-refractivity contribution in [1.82, 2.24) is 30.5 Å². The smallest absolute Gasteiger partial charge is 0.263 e. The highest BCUT2D eigenvalue weighted by molar-refractivity contribution is 6.01. The molecule has 12 heteroatoms. The number of aliphatic hydroxyl groups excluding tert-OH is 1. The Morgan fingerprint density at radius 1 is 1.16 bits per heavy atom. The molecule has 10 nitrogen and oxygen atoms in total. The van der Waals surface area contributed by atoms with Gasteiger partial charge in [-0.05, 0) is 39.0 Å². The summed E-state index contributed by atoms with van der Waals surface area (Å²) in [6.45, 7) is 5.11. The van der Waals surface area contributed by atoms with Crippen LogP contribution >= 0.6 is 0 Å². The number of aliphatic hydroxyl groups is 1. The first-order chi connectivity index (χ1) is 15.2. The summed E-state index contributed by atoms with van der Waals surface area (Å²) in [6, 6.07) is 8.75. The van der Waals surface area contributed by atoms with Crippen molar-refractivity contribution in [2.24, 2.45) is 0 Å². The molecule has 0 aliphatic carbocycles. The number of halogens is 2. The first-order valence-electron chi connectivity index (χ1n) is 9.73. The standard InChI is InChI=1S/C20H21F2N7O3/c1-11-14(29(27-24-11)13-6-4-12(5-7-13)17(21)22)10-32-16-9-8-15(25-26-16)28-18(30)20(2,3)23-19(28)31/h4-9,17,19,23,31H,10H2,1-3H3. The van der Waals surface area contributed by atoms with Gasteiger partial charge >= 0.3 is 0 Å². The molecule has 168 valence electrons. The van der Waals surface area contributed by atoms with Crippen LogP contribution in [0.3, 0.4) is 0 Å². The van der Waals surface area contributed by atoms with E-state index < -0.39 is 18.3 Å². The maximum absolute atomic E-state index is 12.8. The lowest BCUT2D eigenvalue weighted by atomic mass is 10.1. The summed E-state index contributed by atoms with van der Waals surface area (Å²) in [5.74, 6) is 0.0219. The van der Waals surface area contributed by atoms with Gasteiger partial charge in [-0.2, -0.15) is 0 Å². The van der Waals surface area contributed by atoms with E-state index in [9.17, 15) is 18.7 Å². The van der Waals surface area contributed by atoms with Crippen LogP contribution in [0.4, 0.5) is 14.6 Å². The zero-order valence-corrected chi connectivity index (χ0v) is 17.5. The van der Waals surface area contributed by atoms with Crippen molar-refractivity contribution in [1.29, 1.82) is 0 Å². The molecule has 1 amide bonds. The monoisotopic (exact) mass is 445 g/mol. The number of carbonyl (C=O) groups excluding carboxylic acids is 1. The summed E-state index contributed by atoms with van der Waals surface area (Å²) < 4.78 is 32.8. The highest BCUT2D eigenvalue weighted by Gasteiger charge is 2.45. The summed E-state index contributed by atoms with van der Waals surface area (Å²) in [4.78, 5) is 13.5. The van der Waals surface area contributed by atoms with Gasteiger partial charge in [0.05, 0.1) is 16.9 Å². The van der Waals surface area contributed by atoms with Gasteiger partial charge in [-0.1, -0.05) is 17.3 Å². The van der Waals surface area contributed by atoms with Crippen LogP contribution in [0.25, 0.3) is 5.69 Å². The zero-order valence-electron chi connectivity index (χ0n) is 17.5. The van der Waals surface area contributed by atoms with E-state index in [1.807, 2.05) is 0 Å². The lowest BCUT2D eigenvalue weighted by Gasteiger charge is -2.18. The van der Waals surface area contributed by atoms with Crippen molar-refractivity contribution < 1.29 is 23.4 Å². The Bertz CT molecular complexity index is 1120. The molecule has 0 radical (unpaired) electrons. The number of hydrogen-bond acceptors (Lipinski definition) is 8. The quantitative estimate of drug-likeness (QED) is 0.591. The van der Waals surface area contributed by atoms with E-state index >= 15 is 0 Å². The van der Waals surface area contributed by atoms with Crippen molar-refractivity contribution in [3.05, 3.63) is 53.3 Å². The van der Waals surface area contributed by atoms with Crippen LogP contribution in [-0.2, 0) is 11.4 Å². The molecule has 3 heterocycles. The Balaban J connectivity index is 1.48. The third-order valence-electron chi connectivity index (χ3n) is 5.06. The number of anilines is 1. The van der Waals surface area contributed by atoms with E-state index in [1.165, 1.54) is 41.1 Å². The molecule has 0 bridgehead atoms. The Morgan fingerprint density at radius 3 is 2.44 bits per heavy atom. The minimum atomic E-state index is -2.55. The molecule has 1 aliphatic heterocycles. The number of nitrogens with one attached hydrogen (secondary N) is 1. The van der Waals surface area contributed by atoms with E-state index in [4.69, 9.17) is 4.74 Å². The summed E-state index contributed by atoms with van der Waals surface area (Å²) in [7, 11) is 0. The maximum atomic E-state index is 12.8. The predicted octanol–water partition coefficient (Wildman–Crippen LogP) is 1.87. The van der Waals surface area contributed by atoms with Gasteiger partial charge in [-0.15, -0.1) is 15.3 Å². The van der Waals surface area contributed by atoms with Crippen LogP contribution in [0.1, 0.15) is 37.2 Å². The van der Waals surface area contributed by atoms with Crippen LogP contribution in [0, 0.1) is 6.92 Å². The van der Waals surface area contributed by atoms with Crippen LogP contribution in [-0.4, -0.2) is 48.1 Å². The Labute approximate surface area is 181 Å². The molecule has 2 aromatic heterocycles. The number of amides is 1. The van der Waals surface area contributed by atoms with E-state index in [1.54, 1.807) is 20.8 Å². The number of aryl methyl sites for hydroxylation is 1. The summed E-state index contributed by atoms with van der Waals surface area (Å²) in [5.41, 5.74) is 0.765. The predicted molar refractivity (Wildman–Crippen MR) is 108 cm³/mol. The second-order valence-electron chi connectivity index (χ2n) is 7.76. The fourth-order valence-corrected chi connectivity index (χ4v) is 3.26. The third-order valence-corrected chi connectivity index (χ3v) is 5.06. The Kier molecular flexibility index (Phi) is 5.57. The number of benzene rings is 1. The fourth-order valence-electron chi connectivity index (χ4n) is 3.26. The topological polar surface area (TPSA) is 118 Å². The molecule has 0 saturated carbocycles. The van der Waals surface area contributed by atoms with Crippen LogP contribution in [0.15, 0.2) is 36.4 Å². The molecule has 1 aliphatic rings. The van der Waals surface area contributed by atoms with Gasteiger partial charge in [-0.3, -0.25) is 15.0 Å². The van der Waals surface area contributed by atoms with Gasteiger partial charge in [0.1, 0.15) is 12.3 Å². The Hall–Kier alpha value is -3.51. The highest BCUT2D eigenvalue weighted by atomic mass is 19.3. The maximum Gasteiger partial charge on any atom is 0.263 e. The fraction of sp³-hybridized carbons (Fsp3) is 0.350. The average Bonchev–Trinajstić information content (AvgIpc) is 3.22. The molecule has 1 saturated heterocycles. The molecular formula is C20H21F2N7O3. The number of nitrogens with zero attached hydrogens (tertiary/aromatic N) is 6.